The van der Waals surface area contributed by atoms with Crippen LogP contribution in [0, 0.1) is 19.7 Å². The highest BCUT2D eigenvalue weighted by Gasteiger charge is 2.41. The van der Waals surface area contributed by atoms with Gasteiger partial charge < -0.3 is 20.1 Å². The van der Waals surface area contributed by atoms with Gasteiger partial charge in [-0.25, -0.2) is 9.37 Å². The molecule has 4 aromatic rings. The first-order chi connectivity index (χ1) is 17.9. The predicted molar refractivity (Wildman–Crippen MR) is 145 cm³/mol. The molecule has 1 saturated heterocycles. The summed E-state index contributed by atoms with van der Waals surface area (Å²) in [5, 5.41) is 6.84. The number of aryl methyl sites for hydroxylation is 1. The van der Waals surface area contributed by atoms with Gasteiger partial charge in [0.25, 0.3) is 0 Å². The number of anilines is 1. The van der Waals surface area contributed by atoms with Crippen LogP contribution in [0.15, 0.2) is 79.1 Å². The van der Waals surface area contributed by atoms with Crippen LogP contribution in [-0.2, 0) is 4.79 Å². The van der Waals surface area contributed by atoms with Crippen LogP contribution < -0.4 is 10.6 Å². The van der Waals surface area contributed by atoms with Crippen LogP contribution >= 0.6 is 12.2 Å². The van der Waals surface area contributed by atoms with Gasteiger partial charge in [-0.05, 0) is 86.2 Å². The van der Waals surface area contributed by atoms with Crippen molar-refractivity contribution in [1.29, 1.82) is 0 Å². The molecule has 4 heterocycles. The number of hydrogen-bond acceptors (Lipinski definition) is 4. The van der Waals surface area contributed by atoms with Crippen molar-refractivity contribution in [1.82, 2.24) is 24.8 Å². The fourth-order valence-corrected chi connectivity index (χ4v) is 5.22. The van der Waals surface area contributed by atoms with E-state index >= 15 is 0 Å². The molecule has 0 spiro atoms. The molecule has 1 fully saturated rings. The molecule has 37 heavy (non-hydrogen) atoms. The Morgan fingerprint density at radius 2 is 1.78 bits per heavy atom. The van der Waals surface area contributed by atoms with Gasteiger partial charge in [0.05, 0.1) is 17.8 Å². The number of benzene rings is 1. The van der Waals surface area contributed by atoms with Gasteiger partial charge in [0.15, 0.2) is 5.11 Å². The Morgan fingerprint density at radius 1 is 1.05 bits per heavy atom. The van der Waals surface area contributed by atoms with Gasteiger partial charge in [0, 0.05) is 42.4 Å². The van der Waals surface area contributed by atoms with Gasteiger partial charge in [-0.2, -0.15) is 0 Å². The summed E-state index contributed by atoms with van der Waals surface area (Å²) in [4.78, 5) is 24.0. The maximum Gasteiger partial charge on any atom is 0.226 e. The first-order valence-corrected chi connectivity index (χ1v) is 12.5. The molecule has 0 saturated carbocycles. The summed E-state index contributed by atoms with van der Waals surface area (Å²) in [5.41, 5.74) is 4.61. The van der Waals surface area contributed by atoms with E-state index in [1.165, 1.54) is 12.1 Å². The Kier molecular flexibility index (Phi) is 6.96. The van der Waals surface area contributed by atoms with Gasteiger partial charge >= 0.3 is 0 Å². The first kappa shape index (κ1) is 24.6. The number of pyridine rings is 2. The van der Waals surface area contributed by atoms with E-state index in [4.69, 9.17) is 12.2 Å². The average molecular weight is 515 g/mol. The lowest BCUT2D eigenvalue weighted by molar-refractivity contribution is -0.116. The van der Waals surface area contributed by atoms with Crippen LogP contribution in [0.3, 0.4) is 0 Å². The highest BCUT2D eigenvalue weighted by molar-refractivity contribution is 7.80. The number of aromatic nitrogens is 3. The number of halogens is 1. The SMILES string of the molecule is Cc1cc([C@H]2[C@@H](c3ccccn3)NC(=S)N2CCC(=O)Nc2ccc(F)cc2)c(C)n1-c1ccccn1. The molecule has 1 aliphatic rings. The zero-order valence-electron chi connectivity index (χ0n) is 20.6. The largest absolute Gasteiger partial charge is 0.352 e. The van der Waals surface area contributed by atoms with Crippen LogP contribution in [0.4, 0.5) is 10.1 Å². The number of nitrogens with one attached hydrogen (secondary N) is 2. The molecule has 5 rings (SSSR count). The van der Waals surface area contributed by atoms with E-state index in [2.05, 4.69) is 50.0 Å². The molecular weight excluding hydrogens is 487 g/mol. The van der Waals surface area contributed by atoms with E-state index in [1.54, 1.807) is 24.5 Å². The second-order valence-electron chi connectivity index (χ2n) is 8.97. The quantitative estimate of drug-likeness (QED) is 0.337. The fraction of sp³-hybridized carbons (Fsp3) is 0.214. The van der Waals surface area contributed by atoms with Crippen LogP contribution in [0.1, 0.15) is 41.1 Å². The molecule has 9 heteroatoms. The van der Waals surface area contributed by atoms with Crippen LogP contribution in [0.5, 0.6) is 0 Å². The van der Waals surface area contributed by atoms with E-state index in [1.807, 2.05) is 36.4 Å². The van der Waals surface area contributed by atoms with Crippen molar-refractivity contribution >= 4 is 28.9 Å². The molecule has 3 aromatic heterocycles. The van der Waals surface area contributed by atoms with Crippen molar-refractivity contribution in [2.45, 2.75) is 32.4 Å². The lowest BCUT2D eigenvalue weighted by Gasteiger charge is -2.28. The lowest BCUT2D eigenvalue weighted by atomic mass is 9.96. The molecule has 2 atom stereocenters. The molecule has 0 bridgehead atoms. The number of hydrogen-bond donors (Lipinski definition) is 2. The fourth-order valence-electron chi connectivity index (χ4n) is 4.89. The van der Waals surface area contributed by atoms with E-state index < -0.39 is 0 Å². The van der Waals surface area contributed by atoms with E-state index in [0.29, 0.717) is 17.3 Å². The third-order valence-corrected chi connectivity index (χ3v) is 6.93. The Balaban J connectivity index is 1.45. The van der Waals surface area contributed by atoms with E-state index in [0.717, 1.165) is 28.5 Å². The zero-order chi connectivity index (χ0) is 25.9. The van der Waals surface area contributed by atoms with Gasteiger partial charge in [-0.15, -0.1) is 0 Å². The molecule has 0 radical (unpaired) electrons. The number of carbonyl (C=O) groups excluding carboxylic acids is 1. The number of amides is 1. The van der Waals surface area contributed by atoms with Gasteiger partial charge in [0.2, 0.25) is 5.91 Å². The van der Waals surface area contributed by atoms with Crippen molar-refractivity contribution in [3.8, 4) is 5.82 Å². The highest BCUT2D eigenvalue weighted by Crippen LogP contribution is 2.41. The lowest BCUT2D eigenvalue weighted by Crippen LogP contribution is -2.32. The summed E-state index contributed by atoms with van der Waals surface area (Å²) in [6.45, 7) is 4.54. The molecule has 0 aliphatic carbocycles. The Bertz CT molecular complexity index is 1410. The van der Waals surface area contributed by atoms with Gasteiger partial charge in [0.1, 0.15) is 11.6 Å². The third-order valence-electron chi connectivity index (χ3n) is 6.57. The number of nitrogens with zero attached hydrogens (tertiary/aromatic N) is 4. The monoisotopic (exact) mass is 514 g/mol. The van der Waals surface area contributed by atoms with Crippen molar-refractivity contribution < 1.29 is 9.18 Å². The van der Waals surface area contributed by atoms with Crippen LogP contribution in [0.2, 0.25) is 0 Å². The Hall–Kier alpha value is -4.11. The maximum atomic E-state index is 13.2. The van der Waals surface area contributed by atoms with Crippen molar-refractivity contribution in [3.63, 3.8) is 0 Å². The molecule has 1 aromatic carbocycles. The number of thiocarbonyl (C=S) groups is 1. The topological polar surface area (TPSA) is 75.1 Å². The minimum absolute atomic E-state index is 0.173. The standard InChI is InChI=1S/C28H27FN6OS/c1-18-17-22(19(2)35(18)24-8-4-6-15-31-24)27-26(23-7-3-5-14-30-23)33-28(37)34(27)16-13-25(36)32-21-11-9-20(29)10-12-21/h3-12,14-15,17,26-27H,13,16H2,1-2H3,(H,32,36)(H,33,37)/t26-,27+/m1/s1. The molecule has 0 unspecified atom stereocenters. The van der Waals surface area contributed by atoms with Crippen molar-refractivity contribution in [3.05, 3.63) is 108 Å². The molecule has 2 N–H and O–H groups in total. The molecule has 1 amide bonds. The van der Waals surface area contributed by atoms with Crippen LogP contribution in [-0.4, -0.2) is 37.0 Å². The maximum absolute atomic E-state index is 13.2. The van der Waals surface area contributed by atoms with E-state index in [9.17, 15) is 9.18 Å². The molecule has 188 valence electrons. The summed E-state index contributed by atoms with van der Waals surface area (Å²) in [7, 11) is 0. The summed E-state index contributed by atoms with van der Waals surface area (Å²) in [6, 6.07) is 19.2. The normalized spacial score (nSPS) is 17.1. The average Bonchev–Trinajstić information content (AvgIpc) is 3.39. The molecule has 7 nitrogen and oxygen atoms in total. The second-order valence-corrected chi connectivity index (χ2v) is 9.36. The summed E-state index contributed by atoms with van der Waals surface area (Å²) < 4.78 is 15.4. The Morgan fingerprint density at radius 3 is 2.46 bits per heavy atom. The minimum Gasteiger partial charge on any atom is -0.352 e. The summed E-state index contributed by atoms with van der Waals surface area (Å²) >= 11 is 5.76. The van der Waals surface area contributed by atoms with Crippen molar-refractivity contribution in [2.24, 2.45) is 0 Å². The molecular formula is C28H27FN6OS. The highest BCUT2D eigenvalue weighted by atomic mass is 32.1. The Labute approximate surface area is 220 Å². The minimum atomic E-state index is -0.349. The summed E-state index contributed by atoms with van der Waals surface area (Å²) in [6.07, 6.45) is 3.76. The van der Waals surface area contributed by atoms with Gasteiger partial charge in [-0.1, -0.05) is 12.1 Å². The smallest absolute Gasteiger partial charge is 0.226 e. The van der Waals surface area contributed by atoms with Gasteiger partial charge in [-0.3, -0.25) is 9.78 Å². The second kappa shape index (κ2) is 10.5. The predicted octanol–water partition coefficient (Wildman–Crippen LogP) is 5.02. The van der Waals surface area contributed by atoms with Crippen LogP contribution in [0.25, 0.3) is 5.82 Å². The van der Waals surface area contributed by atoms with Crippen molar-refractivity contribution in [2.75, 3.05) is 11.9 Å². The molecule has 1 aliphatic heterocycles. The third kappa shape index (κ3) is 5.08. The number of rotatable bonds is 7. The van der Waals surface area contributed by atoms with E-state index in [-0.39, 0.29) is 30.2 Å². The number of carbonyl (C=O) groups is 1. The zero-order valence-corrected chi connectivity index (χ0v) is 21.4. The summed E-state index contributed by atoms with van der Waals surface area (Å²) in [5.74, 6) is 0.323. The first-order valence-electron chi connectivity index (χ1n) is 12.1.